The van der Waals surface area contributed by atoms with Crippen LogP contribution in [0.2, 0.25) is 0 Å². The number of aromatic nitrogens is 2. The van der Waals surface area contributed by atoms with E-state index in [1.54, 1.807) is 53.8 Å². The van der Waals surface area contributed by atoms with Crippen molar-refractivity contribution in [2.24, 2.45) is 0 Å². The standard InChI is InChI=1S/C17H21N3O4.C14H18BrNO4/c1-17(2,3)24-16(23)19-14(15(21)22)10-11-5-4-6-12(9-11)13-7-8-18-20-13;1-14(2,3)20-13(19)16-11(12(17)18)8-9-5-4-6-10(15)7-9/h4-9,14H,10H2,1-3H3,(H,18,20)(H,19,23)(H,21,22);4-7,11H,8H2,1-3H3,(H,16,19)(H,17,18)/t14-;11-/m11/s1. The van der Waals surface area contributed by atoms with E-state index in [9.17, 15) is 24.3 Å². The topological polar surface area (TPSA) is 180 Å². The van der Waals surface area contributed by atoms with Crippen LogP contribution in [0.25, 0.3) is 11.3 Å². The van der Waals surface area contributed by atoms with Gasteiger partial charge in [0.2, 0.25) is 0 Å². The van der Waals surface area contributed by atoms with E-state index in [1.807, 2.05) is 48.5 Å². The van der Waals surface area contributed by atoms with Crippen molar-refractivity contribution >= 4 is 40.1 Å². The highest BCUT2D eigenvalue weighted by molar-refractivity contribution is 9.10. The van der Waals surface area contributed by atoms with E-state index < -0.39 is 47.4 Å². The molecule has 0 unspecified atom stereocenters. The van der Waals surface area contributed by atoms with Crippen LogP contribution in [0.3, 0.4) is 0 Å². The lowest BCUT2D eigenvalue weighted by molar-refractivity contribution is -0.140. The van der Waals surface area contributed by atoms with Crippen LogP contribution in [0.5, 0.6) is 0 Å². The first-order valence-electron chi connectivity index (χ1n) is 13.7. The number of hydrogen-bond donors (Lipinski definition) is 5. The first-order valence-corrected chi connectivity index (χ1v) is 14.5. The van der Waals surface area contributed by atoms with Gasteiger partial charge in [0.25, 0.3) is 0 Å². The van der Waals surface area contributed by atoms with Crippen molar-refractivity contribution in [3.63, 3.8) is 0 Å². The molecule has 0 aliphatic rings. The van der Waals surface area contributed by atoms with E-state index in [-0.39, 0.29) is 12.8 Å². The molecule has 2 aromatic carbocycles. The number of carboxylic acids is 2. The van der Waals surface area contributed by atoms with Gasteiger partial charge in [0.15, 0.2) is 0 Å². The average molecular weight is 676 g/mol. The number of carboxylic acid groups (broad SMARTS) is 2. The predicted octanol–water partition coefficient (Wildman–Crippen LogP) is 5.57. The minimum atomic E-state index is -1.12. The van der Waals surface area contributed by atoms with Crippen molar-refractivity contribution in [3.05, 3.63) is 76.4 Å². The molecule has 2 amide bonds. The van der Waals surface area contributed by atoms with Crippen molar-refractivity contribution in [1.82, 2.24) is 20.8 Å². The Balaban J connectivity index is 0.000000312. The summed E-state index contributed by atoms with van der Waals surface area (Å²) in [6.07, 6.45) is 0.496. The van der Waals surface area contributed by atoms with Gasteiger partial charge in [-0.1, -0.05) is 46.3 Å². The summed E-state index contributed by atoms with van der Waals surface area (Å²) < 4.78 is 11.0. The maximum Gasteiger partial charge on any atom is 0.408 e. The molecular formula is C31H39BrN4O8. The van der Waals surface area contributed by atoms with Gasteiger partial charge >= 0.3 is 24.1 Å². The Hall–Kier alpha value is -4.39. The highest BCUT2D eigenvalue weighted by Crippen LogP contribution is 2.19. The van der Waals surface area contributed by atoms with E-state index >= 15 is 0 Å². The fraction of sp³-hybridized carbons (Fsp3) is 0.387. The molecular weight excluding hydrogens is 636 g/mol. The molecule has 3 aromatic rings. The molecule has 2 atom stereocenters. The number of alkyl carbamates (subject to hydrolysis) is 2. The quantitative estimate of drug-likeness (QED) is 0.194. The molecule has 0 aliphatic carbocycles. The third-order valence-electron chi connectivity index (χ3n) is 5.49. The zero-order valence-electron chi connectivity index (χ0n) is 25.5. The molecule has 44 heavy (non-hydrogen) atoms. The molecule has 0 saturated heterocycles. The molecule has 1 aromatic heterocycles. The van der Waals surface area contributed by atoms with E-state index in [2.05, 4.69) is 36.8 Å². The van der Waals surface area contributed by atoms with Gasteiger partial charge in [-0.2, -0.15) is 5.10 Å². The van der Waals surface area contributed by atoms with Crippen LogP contribution in [0.1, 0.15) is 52.7 Å². The summed E-state index contributed by atoms with van der Waals surface area (Å²) in [5.41, 5.74) is 1.97. The number of carbonyl (C=O) groups is 4. The number of H-pyrrole nitrogens is 1. The number of aromatic amines is 1. The maximum atomic E-state index is 11.8. The molecule has 0 bridgehead atoms. The minimum absolute atomic E-state index is 0.149. The highest BCUT2D eigenvalue weighted by Gasteiger charge is 2.25. The summed E-state index contributed by atoms with van der Waals surface area (Å²) in [6, 6.07) is 14.4. The molecule has 238 valence electrons. The largest absolute Gasteiger partial charge is 0.480 e. The summed E-state index contributed by atoms with van der Waals surface area (Å²) in [6.45, 7) is 10.3. The Morgan fingerprint density at radius 2 is 1.27 bits per heavy atom. The lowest BCUT2D eigenvalue weighted by atomic mass is 10.0. The SMILES string of the molecule is CC(C)(C)OC(=O)N[C@H](Cc1cccc(-c2ccn[nH]2)c1)C(=O)O.CC(C)(C)OC(=O)N[C@H](Cc1cccc(Br)c1)C(=O)O. The van der Waals surface area contributed by atoms with Gasteiger partial charge in [0.05, 0.1) is 5.69 Å². The van der Waals surface area contributed by atoms with Gasteiger partial charge in [-0.3, -0.25) is 5.10 Å². The van der Waals surface area contributed by atoms with E-state index in [4.69, 9.17) is 14.6 Å². The van der Waals surface area contributed by atoms with Crippen molar-refractivity contribution in [2.75, 3.05) is 0 Å². The zero-order chi connectivity index (χ0) is 33.1. The fourth-order valence-corrected chi connectivity index (χ4v) is 4.16. The fourth-order valence-electron chi connectivity index (χ4n) is 3.72. The van der Waals surface area contributed by atoms with Crippen LogP contribution in [0.4, 0.5) is 9.59 Å². The number of amides is 2. The minimum Gasteiger partial charge on any atom is -0.480 e. The second-order valence-corrected chi connectivity index (χ2v) is 12.7. The van der Waals surface area contributed by atoms with Gasteiger partial charge in [0, 0.05) is 23.5 Å². The van der Waals surface area contributed by atoms with Crippen LogP contribution in [-0.2, 0) is 31.9 Å². The lowest BCUT2D eigenvalue weighted by Crippen LogP contribution is -2.44. The third-order valence-corrected chi connectivity index (χ3v) is 5.98. The first kappa shape index (κ1) is 35.8. The normalized spacial score (nSPS) is 12.5. The monoisotopic (exact) mass is 674 g/mol. The third kappa shape index (κ3) is 13.7. The number of carbonyl (C=O) groups excluding carboxylic acids is 2. The Morgan fingerprint density at radius 3 is 1.68 bits per heavy atom. The molecule has 1 heterocycles. The van der Waals surface area contributed by atoms with Crippen molar-refractivity contribution in [2.45, 2.75) is 77.7 Å². The van der Waals surface area contributed by atoms with Crippen LogP contribution in [0, 0.1) is 0 Å². The average Bonchev–Trinajstić information content (AvgIpc) is 3.41. The van der Waals surface area contributed by atoms with Crippen molar-refractivity contribution in [3.8, 4) is 11.3 Å². The zero-order valence-corrected chi connectivity index (χ0v) is 27.1. The number of nitrogens with one attached hydrogen (secondary N) is 3. The molecule has 3 rings (SSSR count). The Kier molecular flexibility index (Phi) is 12.9. The van der Waals surface area contributed by atoms with E-state index in [1.165, 1.54) is 0 Å². The molecule has 0 saturated carbocycles. The Labute approximate surface area is 264 Å². The molecule has 0 spiro atoms. The Bertz CT molecular complexity index is 1410. The van der Waals surface area contributed by atoms with Crippen molar-refractivity contribution < 1.29 is 38.9 Å². The molecule has 0 aliphatic heterocycles. The highest BCUT2D eigenvalue weighted by atomic mass is 79.9. The molecule has 13 heteroatoms. The number of nitrogens with zero attached hydrogens (tertiary/aromatic N) is 1. The summed E-state index contributed by atoms with van der Waals surface area (Å²) >= 11 is 3.32. The molecule has 12 nitrogen and oxygen atoms in total. The first-order chi connectivity index (χ1) is 20.4. The number of ether oxygens (including phenoxy) is 2. The number of rotatable bonds is 9. The molecule has 5 N–H and O–H groups in total. The van der Waals surface area contributed by atoms with Gasteiger partial charge in [0.1, 0.15) is 23.3 Å². The van der Waals surface area contributed by atoms with Gasteiger partial charge in [-0.15, -0.1) is 0 Å². The number of aliphatic carboxylic acids is 2. The summed E-state index contributed by atoms with van der Waals surface area (Å²) in [4.78, 5) is 46.1. The summed E-state index contributed by atoms with van der Waals surface area (Å²) in [7, 11) is 0. The number of hydrogen-bond acceptors (Lipinski definition) is 7. The molecule has 0 fully saturated rings. The number of halogens is 1. The van der Waals surface area contributed by atoms with Crippen molar-refractivity contribution in [1.29, 1.82) is 0 Å². The van der Waals surface area contributed by atoms with Crippen LogP contribution in [-0.4, -0.2) is 67.8 Å². The molecule has 0 radical (unpaired) electrons. The van der Waals surface area contributed by atoms with Crippen LogP contribution < -0.4 is 10.6 Å². The summed E-state index contributed by atoms with van der Waals surface area (Å²) in [5, 5.41) is 30.0. The van der Waals surface area contributed by atoms with E-state index in [0.29, 0.717) is 0 Å². The van der Waals surface area contributed by atoms with Gasteiger partial charge in [-0.25, -0.2) is 19.2 Å². The predicted molar refractivity (Wildman–Crippen MR) is 167 cm³/mol. The van der Waals surface area contributed by atoms with Crippen LogP contribution >= 0.6 is 15.9 Å². The van der Waals surface area contributed by atoms with Crippen LogP contribution in [0.15, 0.2) is 65.3 Å². The van der Waals surface area contributed by atoms with Gasteiger partial charge < -0.3 is 30.3 Å². The maximum absolute atomic E-state index is 11.8. The smallest absolute Gasteiger partial charge is 0.408 e. The number of benzene rings is 2. The second kappa shape index (κ2) is 15.9. The Morgan fingerprint density at radius 1 is 0.795 bits per heavy atom. The van der Waals surface area contributed by atoms with E-state index in [0.717, 1.165) is 26.9 Å². The lowest BCUT2D eigenvalue weighted by Gasteiger charge is -2.22. The second-order valence-electron chi connectivity index (χ2n) is 11.8. The summed E-state index contributed by atoms with van der Waals surface area (Å²) in [5.74, 6) is -2.22. The van der Waals surface area contributed by atoms with Gasteiger partial charge in [-0.05, 0) is 82.5 Å².